The van der Waals surface area contributed by atoms with E-state index in [0.717, 1.165) is 37.2 Å². The van der Waals surface area contributed by atoms with E-state index < -0.39 is 11.8 Å². The summed E-state index contributed by atoms with van der Waals surface area (Å²) in [5.74, 6) is -0.299. The van der Waals surface area contributed by atoms with Gasteiger partial charge in [-0.2, -0.15) is 0 Å². The highest BCUT2D eigenvalue weighted by molar-refractivity contribution is 6.35. The Hall–Kier alpha value is -2.08. The Morgan fingerprint density at radius 3 is 2.69 bits per heavy atom. The second kappa shape index (κ2) is 8.08. The van der Waals surface area contributed by atoms with Crippen LogP contribution in [0.3, 0.4) is 0 Å². The van der Waals surface area contributed by atoms with Crippen LogP contribution in [0.15, 0.2) is 24.3 Å². The summed E-state index contributed by atoms with van der Waals surface area (Å²) in [5, 5.41) is 5.52. The summed E-state index contributed by atoms with van der Waals surface area (Å²) in [6.07, 6.45) is 3.77. The van der Waals surface area contributed by atoms with Crippen molar-refractivity contribution in [3.05, 3.63) is 29.8 Å². The molecule has 142 valence electrons. The number of amides is 2. The topological polar surface area (TPSA) is 76.7 Å². The van der Waals surface area contributed by atoms with Crippen molar-refractivity contribution in [1.82, 2.24) is 10.6 Å². The fourth-order valence-electron chi connectivity index (χ4n) is 4.07. The average Bonchev–Trinajstić information content (AvgIpc) is 2.98. The van der Waals surface area contributed by atoms with Gasteiger partial charge in [-0.15, -0.1) is 0 Å². The van der Waals surface area contributed by atoms with Crippen molar-refractivity contribution < 1.29 is 19.1 Å². The van der Waals surface area contributed by atoms with E-state index in [0.29, 0.717) is 25.7 Å². The fourth-order valence-corrected chi connectivity index (χ4v) is 4.07. The maximum absolute atomic E-state index is 12.0. The highest BCUT2D eigenvalue weighted by Crippen LogP contribution is 2.49. The van der Waals surface area contributed by atoms with Crippen molar-refractivity contribution in [2.75, 3.05) is 19.8 Å². The molecule has 1 aromatic rings. The van der Waals surface area contributed by atoms with Crippen molar-refractivity contribution >= 4 is 11.8 Å². The molecule has 0 bridgehead atoms. The first-order valence-electron chi connectivity index (χ1n) is 9.42. The van der Waals surface area contributed by atoms with Gasteiger partial charge in [-0.25, -0.2) is 0 Å². The molecule has 1 spiro atoms. The summed E-state index contributed by atoms with van der Waals surface area (Å²) in [7, 11) is 0. The van der Waals surface area contributed by atoms with E-state index >= 15 is 0 Å². The molecule has 1 atom stereocenters. The number of carbonyl (C=O) groups is 2. The Labute approximate surface area is 154 Å². The Morgan fingerprint density at radius 1 is 1.23 bits per heavy atom. The number of rotatable bonds is 6. The maximum Gasteiger partial charge on any atom is 0.309 e. The first-order chi connectivity index (χ1) is 12.5. The molecule has 1 heterocycles. The molecule has 1 saturated heterocycles. The van der Waals surface area contributed by atoms with Crippen molar-refractivity contribution in [3.63, 3.8) is 0 Å². The number of hydrogen-bond donors (Lipinski definition) is 2. The van der Waals surface area contributed by atoms with Crippen molar-refractivity contribution in [2.24, 2.45) is 5.41 Å². The zero-order chi connectivity index (χ0) is 18.6. The van der Waals surface area contributed by atoms with Gasteiger partial charge < -0.3 is 20.1 Å². The predicted octanol–water partition coefficient (Wildman–Crippen LogP) is 1.82. The van der Waals surface area contributed by atoms with E-state index in [4.69, 9.17) is 9.47 Å². The molecule has 1 saturated carbocycles. The van der Waals surface area contributed by atoms with Gasteiger partial charge in [-0.05, 0) is 51.2 Å². The van der Waals surface area contributed by atoms with Gasteiger partial charge in [0.2, 0.25) is 0 Å². The van der Waals surface area contributed by atoms with E-state index in [1.165, 1.54) is 0 Å². The van der Waals surface area contributed by atoms with E-state index in [1.807, 2.05) is 31.2 Å². The number of para-hydroxylation sites is 1. The first kappa shape index (κ1) is 18.7. The molecule has 1 aliphatic heterocycles. The molecule has 0 radical (unpaired) electrons. The summed E-state index contributed by atoms with van der Waals surface area (Å²) in [6.45, 7) is 5.78. The summed E-state index contributed by atoms with van der Waals surface area (Å²) in [5.41, 5.74) is 1.24. The Kier molecular flexibility index (Phi) is 5.81. The van der Waals surface area contributed by atoms with Gasteiger partial charge in [0.05, 0.1) is 19.3 Å². The van der Waals surface area contributed by atoms with Crippen LogP contribution in [0, 0.1) is 5.41 Å². The van der Waals surface area contributed by atoms with Crippen LogP contribution in [-0.4, -0.2) is 43.7 Å². The molecule has 2 fully saturated rings. The molecule has 1 aliphatic carbocycles. The van der Waals surface area contributed by atoms with E-state index in [9.17, 15) is 9.59 Å². The van der Waals surface area contributed by atoms with Gasteiger partial charge in [0.1, 0.15) is 5.75 Å². The van der Waals surface area contributed by atoms with Crippen LogP contribution < -0.4 is 15.4 Å². The maximum atomic E-state index is 12.0. The van der Waals surface area contributed by atoms with Gasteiger partial charge in [-0.3, -0.25) is 9.59 Å². The highest BCUT2D eigenvalue weighted by Gasteiger charge is 2.49. The molecule has 2 amide bonds. The Morgan fingerprint density at radius 2 is 2.00 bits per heavy atom. The number of benzene rings is 1. The third-order valence-electron chi connectivity index (χ3n) is 5.25. The van der Waals surface area contributed by atoms with Crippen LogP contribution in [0.1, 0.15) is 38.7 Å². The minimum absolute atomic E-state index is 0.0841. The number of nitrogens with one attached hydrogen (secondary N) is 2. The molecule has 2 aliphatic rings. The normalized spacial score (nSPS) is 27.0. The van der Waals surface area contributed by atoms with Gasteiger partial charge >= 0.3 is 11.8 Å². The molecule has 6 heteroatoms. The van der Waals surface area contributed by atoms with Crippen LogP contribution in [0.25, 0.3) is 0 Å². The Balaban J connectivity index is 1.38. The first-order valence-corrected chi connectivity index (χ1v) is 9.42. The van der Waals surface area contributed by atoms with Gasteiger partial charge in [-0.1, -0.05) is 18.2 Å². The standard InChI is InChI=1S/C20H28N2O4/c1-3-25-17-7-5-4-6-15(17)8-9-21-18(23)19(24)22-16-11-20(12-16)10-14(2)26-13-20/h4-7,14,16H,3,8-13H2,1-2H3,(H,21,23)(H,22,24). The zero-order valence-electron chi connectivity index (χ0n) is 15.5. The molecule has 6 nitrogen and oxygen atoms in total. The minimum atomic E-state index is -0.573. The second-order valence-corrected chi connectivity index (χ2v) is 7.45. The summed E-state index contributed by atoms with van der Waals surface area (Å²) in [4.78, 5) is 24.1. The number of carbonyl (C=O) groups excluding carboxylic acids is 2. The van der Waals surface area contributed by atoms with E-state index in [-0.39, 0.29) is 11.5 Å². The molecule has 26 heavy (non-hydrogen) atoms. The predicted molar refractivity (Wildman–Crippen MR) is 98.0 cm³/mol. The summed E-state index contributed by atoms with van der Waals surface area (Å²) >= 11 is 0. The molecule has 3 rings (SSSR count). The quantitative estimate of drug-likeness (QED) is 0.759. The molecule has 2 N–H and O–H groups in total. The molecular formula is C20H28N2O4. The second-order valence-electron chi connectivity index (χ2n) is 7.45. The van der Waals surface area contributed by atoms with Crippen LogP contribution >= 0.6 is 0 Å². The monoisotopic (exact) mass is 360 g/mol. The Bertz CT molecular complexity index is 655. The van der Waals surface area contributed by atoms with Crippen molar-refractivity contribution in [1.29, 1.82) is 0 Å². The summed E-state index contributed by atoms with van der Waals surface area (Å²) < 4.78 is 11.2. The van der Waals surface area contributed by atoms with Gasteiger partial charge in [0.15, 0.2) is 0 Å². The molecule has 1 aromatic carbocycles. The van der Waals surface area contributed by atoms with Crippen molar-refractivity contribution in [2.45, 2.75) is 51.7 Å². The molecule has 1 unspecified atom stereocenters. The van der Waals surface area contributed by atoms with E-state index in [2.05, 4.69) is 17.6 Å². The SMILES string of the molecule is CCOc1ccccc1CCNC(=O)C(=O)NC1CC2(COC(C)C2)C1. The smallest absolute Gasteiger partial charge is 0.309 e. The van der Waals surface area contributed by atoms with Crippen LogP contribution in [0.2, 0.25) is 0 Å². The lowest BCUT2D eigenvalue weighted by Gasteiger charge is -2.44. The third kappa shape index (κ3) is 4.36. The summed E-state index contributed by atoms with van der Waals surface area (Å²) in [6, 6.07) is 7.82. The van der Waals surface area contributed by atoms with Crippen LogP contribution in [0.5, 0.6) is 5.75 Å². The van der Waals surface area contributed by atoms with Crippen LogP contribution in [0.4, 0.5) is 0 Å². The lowest BCUT2D eigenvalue weighted by atomic mass is 9.64. The lowest BCUT2D eigenvalue weighted by molar-refractivity contribution is -0.140. The average molecular weight is 360 g/mol. The zero-order valence-corrected chi connectivity index (χ0v) is 15.5. The third-order valence-corrected chi connectivity index (χ3v) is 5.25. The van der Waals surface area contributed by atoms with Gasteiger partial charge in [0, 0.05) is 18.0 Å². The fraction of sp³-hybridized carbons (Fsp3) is 0.600. The number of hydrogen-bond acceptors (Lipinski definition) is 4. The largest absolute Gasteiger partial charge is 0.494 e. The van der Waals surface area contributed by atoms with Crippen molar-refractivity contribution in [3.8, 4) is 5.75 Å². The molecular weight excluding hydrogens is 332 g/mol. The minimum Gasteiger partial charge on any atom is -0.494 e. The molecule has 0 aromatic heterocycles. The van der Waals surface area contributed by atoms with Gasteiger partial charge in [0.25, 0.3) is 0 Å². The lowest BCUT2D eigenvalue weighted by Crippen LogP contribution is -2.54. The van der Waals surface area contributed by atoms with Crippen LogP contribution in [-0.2, 0) is 20.7 Å². The number of ether oxygens (including phenoxy) is 2. The van der Waals surface area contributed by atoms with E-state index in [1.54, 1.807) is 0 Å². The highest BCUT2D eigenvalue weighted by atomic mass is 16.5.